The molecule has 0 aromatic heterocycles. The maximum atomic E-state index is 4.49. The van der Waals surface area contributed by atoms with E-state index >= 15 is 0 Å². The average molecular weight is 666 g/mol. The zero-order valence-corrected chi connectivity index (χ0v) is 26.1. The van der Waals surface area contributed by atoms with E-state index in [1.165, 1.54) is 55.2 Å². The van der Waals surface area contributed by atoms with E-state index in [1.54, 1.807) is 0 Å². The molecular formula is C28H46Cl2Pd2. The molecule has 0 heterocycles. The molecule has 4 rings (SSSR count). The van der Waals surface area contributed by atoms with Gasteiger partial charge < -0.3 is 14.9 Å². The van der Waals surface area contributed by atoms with Crippen molar-refractivity contribution in [2.75, 3.05) is 0 Å². The Kier molecular flexibility index (Phi) is 18.1. The third kappa shape index (κ3) is 9.85. The molecule has 0 amide bonds. The van der Waals surface area contributed by atoms with Crippen molar-refractivity contribution in [1.29, 1.82) is 0 Å². The van der Waals surface area contributed by atoms with Crippen molar-refractivity contribution in [3.8, 4) is 0 Å². The molecule has 0 bridgehead atoms. The first-order valence-electron chi connectivity index (χ1n) is 11.2. The van der Waals surface area contributed by atoms with E-state index < -0.39 is 0 Å². The van der Waals surface area contributed by atoms with Crippen molar-refractivity contribution in [1.82, 2.24) is 0 Å². The van der Waals surface area contributed by atoms with Gasteiger partial charge in [0.2, 0.25) is 0 Å². The third-order valence-electron chi connectivity index (χ3n) is 7.08. The second kappa shape index (κ2) is 16.5. The molecule has 0 spiro atoms. The van der Waals surface area contributed by atoms with E-state index in [2.05, 4.69) is 127 Å². The topological polar surface area (TPSA) is 0 Å². The molecule has 4 aliphatic rings. The van der Waals surface area contributed by atoms with E-state index in [0.29, 0.717) is 5.41 Å². The van der Waals surface area contributed by atoms with Gasteiger partial charge in [-0.15, -0.1) is 0 Å². The van der Waals surface area contributed by atoms with Crippen molar-refractivity contribution < 1.29 is 36.4 Å². The molecule has 0 N–H and O–H groups in total. The van der Waals surface area contributed by atoms with Gasteiger partial charge in [0.15, 0.2) is 0 Å². The minimum absolute atomic E-state index is 0. The second-order valence-electron chi connectivity index (χ2n) is 11.0. The first-order valence-corrected chi connectivity index (χ1v) is 15.2. The van der Waals surface area contributed by atoms with Crippen LogP contribution in [0.25, 0.3) is 0 Å². The molecule has 0 saturated heterocycles. The van der Waals surface area contributed by atoms with E-state index in [4.69, 9.17) is 0 Å². The van der Waals surface area contributed by atoms with Crippen LogP contribution in [0, 0.1) is 43.4 Å². The number of hydrogen-bond donors (Lipinski definition) is 0. The summed E-state index contributed by atoms with van der Waals surface area (Å²) in [4.78, 5) is 0. The van der Waals surface area contributed by atoms with Crippen LogP contribution in [0.5, 0.6) is 0 Å². The fraction of sp³-hybridized carbons (Fsp3) is 0.643. The summed E-state index contributed by atoms with van der Waals surface area (Å²) in [7, 11) is 8.98. The minimum atomic E-state index is 0. The number of halogens is 2. The van der Waals surface area contributed by atoms with Gasteiger partial charge in [-0.3, -0.25) is 0 Å². The van der Waals surface area contributed by atoms with Gasteiger partial charge in [-0.2, -0.15) is 0 Å². The van der Waals surface area contributed by atoms with Crippen LogP contribution >= 0.6 is 19.1 Å². The molecule has 4 heteroatoms. The predicted octanol–water partition coefficient (Wildman–Crippen LogP) is 10.3. The van der Waals surface area contributed by atoms with Gasteiger partial charge in [-0.05, 0) is 71.0 Å². The summed E-state index contributed by atoms with van der Waals surface area (Å²) in [6, 6.07) is 0. The van der Waals surface area contributed by atoms with E-state index in [9.17, 15) is 0 Å². The Morgan fingerprint density at radius 1 is 0.781 bits per heavy atom. The Morgan fingerprint density at radius 3 is 1.94 bits per heavy atom. The Balaban J connectivity index is 0. The standard InChI is InChI=1S/C13H24.C13H16.2CH3.2ClH.2Pd/c2*1-13(2,3)12-9-8-10-6-4-5-7-11(10)12;;;;;;/h10-12H,4-9H2,1-3H3;4-5,7-9H,6H2,1-3H3;2*1H3;2*1H;;/q;;2*-1;;;2*+2/p-2/t10-,11-,12-;;;;;;;/m1......./s1. The normalized spacial score (nSPS) is 25.2. The fourth-order valence-corrected chi connectivity index (χ4v) is 5.73. The van der Waals surface area contributed by atoms with Gasteiger partial charge in [-0.25, -0.2) is 0 Å². The summed E-state index contributed by atoms with van der Waals surface area (Å²) in [6.07, 6.45) is 21.4. The third-order valence-corrected chi connectivity index (χ3v) is 7.08. The van der Waals surface area contributed by atoms with Gasteiger partial charge in [0.05, 0.1) is 0 Å². The van der Waals surface area contributed by atoms with Gasteiger partial charge >= 0.3 is 55.4 Å². The Labute approximate surface area is 230 Å². The van der Waals surface area contributed by atoms with Crippen molar-refractivity contribution in [3.63, 3.8) is 0 Å². The van der Waals surface area contributed by atoms with E-state index in [-0.39, 0.29) is 20.3 Å². The van der Waals surface area contributed by atoms with Gasteiger partial charge in [-0.1, -0.05) is 91.2 Å². The zero-order valence-electron chi connectivity index (χ0n) is 21.5. The molecule has 3 atom stereocenters. The summed E-state index contributed by atoms with van der Waals surface area (Å²) < 4.78 is 0. The first-order chi connectivity index (χ1) is 14.2. The molecule has 0 radical (unpaired) electrons. The van der Waals surface area contributed by atoms with Crippen molar-refractivity contribution in [2.24, 2.45) is 28.6 Å². The molecule has 2 saturated carbocycles. The molecule has 0 aromatic carbocycles. The van der Waals surface area contributed by atoms with Crippen LogP contribution in [-0.4, -0.2) is 0 Å². The van der Waals surface area contributed by atoms with Crippen LogP contribution in [0.3, 0.4) is 0 Å². The average Bonchev–Trinajstić information content (AvgIpc) is 3.35. The second-order valence-corrected chi connectivity index (χ2v) is 11.0. The van der Waals surface area contributed by atoms with Crippen molar-refractivity contribution in [3.05, 3.63) is 62.0 Å². The quantitative estimate of drug-likeness (QED) is 0.178. The fourth-order valence-electron chi connectivity index (χ4n) is 5.73. The summed E-state index contributed by atoms with van der Waals surface area (Å²) in [6.45, 7) is 14.1. The van der Waals surface area contributed by atoms with Crippen LogP contribution < -0.4 is 0 Å². The molecule has 4 aliphatic carbocycles. The number of hydrogen-bond acceptors (Lipinski definition) is 0. The summed E-state index contributed by atoms with van der Waals surface area (Å²) in [5.41, 5.74) is 5.25. The molecule has 192 valence electrons. The van der Waals surface area contributed by atoms with Crippen LogP contribution in [0.1, 0.15) is 86.5 Å². The van der Waals surface area contributed by atoms with Crippen molar-refractivity contribution >= 4 is 19.1 Å². The Morgan fingerprint density at radius 2 is 1.38 bits per heavy atom. The summed E-state index contributed by atoms with van der Waals surface area (Å²) in [5.74, 6) is 3.23. The molecule has 0 aliphatic heterocycles. The van der Waals surface area contributed by atoms with E-state index in [1.807, 2.05) is 0 Å². The maximum absolute atomic E-state index is 4.49. The number of allylic oxidation sites excluding steroid dienone is 8. The molecular weight excluding hydrogens is 620 g/mol. The first kappa shape index (κ1) is 35.0. The Bertz CT molecular complexity index is 645. The predicted molar refractivity (Wildman–Crippen MR) is 140 cm³/mol. The zero-order chi connectivity index (χ0) is 22.9. The van der Waals surface area contributed by atoms with Gasteiger partial charge in [0.1, 0.15) is 0 Å². The Hall–Kier alpha value is 0.865. The summed E-state index contributed by atoms with van der Waals surface area (Å²) in [5, 5.41) is 0. The van der Waals surface area contributed by atoms with E-state index in [0.717, 1.165) is 24.2 Å². The SMILES string of the molecule is CC(C)(C)C1=CC=C2CC=CC=C21.CC(C)(C)[C@@H]1CC[C@H]2CCCC[C@H]21.[CH3-].[CH3-].[Cl][Pd+].[Cl][Pd+]. The van der Waals surface area contributed by atoms with Crippen LogP contribution in [0.15, 0.2) is 47.1 Å². The molecule has 32 heavy (non-hydrogen) atoms. The monoisotopic (exact) mass is 664 g/mol. The van der Waals surface area contributed by atoms with Crippen LogP contribution in [-0.2, 0) is 36.4 Å². The molecule has 0 unspecified atom stereocenters. The molecule has 0 aromatic rings. The number of rotatable bonds is 0. The van der Waals surface area contributed by atoms with Crippen molar-refractivity contribution in [2.45, 2.75) is 86.5 Å². The number of fused-ring (bicyclic) bond motifs is 2. The van der Waals surface area contributed by atoms with Gasteiger partial charge in [0.25, 0.3) is 0 Å². The van der Waals surface area contributed by atoms with Gasteiger partial charge in [0, 0.05) is 0 Å². The summed E-state index contributed by atoms with van der Waals surface area (Å²) >= 11 is 4.44. The van der Waals surface area contributed by atoms with Crippen LogP contribution in [0.2, 0.25) is 0 Å². The molecule has 0 nitrogen and oxygen atoms in total. The van der Waals surface area contributed by atoms with Crippen LogP contribution in [0.4, 0.5) is 0 Å². The molecule has 2 fully saturated rings.